The van der Waals surface area contributed by atoms with Gasteiger partial charge in [0.05, 0.1) is 25.4 Å². The van der Waals surface area contributed by atoms with Crippen molar-refractivity contribution in [2.24, 2.45) is 0 Å². The maximum atomic E-state index is 6.35. The second-order valence-corrected chi connectivity index (χ2v) is 16.8. The van der Waals surface area contributed by atoms with Gasteiger partial charge in [-0.05, 0) is 50.9 Å². The molecule has 0 aliphatic carbocycles. The third-order valence-electron chi connectivity index (χ3n) is 6.74. The predicted octanol–water partition coefficient (Wildman–Crippen LogP) is 5.80. The largest absolute Gasteiger partial charge is 0.350 e. The molecule has 0 spiro atoms. The highest BCUT2D eigenvalue weighted by atomic mass is 31.1. The van der Waals surface area contributed by atoms with Gasteiger partial charge in [-0.25, -0.2) is 0 Å². The van der Waals surface area contributed by atoms with E-state index in [0.717, 1.165) is 6.61 Å². The first kappa shape index (κ1) is 26.5. The third-order valence-corrected chi connectivity index (χ3v) is 13.5. The van der Waals surface area contributed by atoms with Gasteiger partial charge >= 0.3 is 0 Å². The van der Waals surface area contributed by atoms with Gasteiger partial charge in [-0.3, -0.25) is 0 Å². The van der Waals surface area contributed by atoms with Crippen LogP contribution in [0.5, 0.6) is 0 Å². The highest BCUT2D eigenvalue weighted by Crippen LogP contribution is 2.54. The van der Waals surface area contributed by atoms with E-state index in [-0.39, 0.29) is 12.2 Å². The van der Waals surface area contributed by atoms with Gasteiger partial charge in [0.1, 0.15) is 0 Å². The van der Waals surface area contributed by atoms with Crippen LogP contribution in [0, 0.1) is 0 Å². The van der Waals surface area contributed by atoms with Gasteiger partial charge in [0.15, 0.2) is 11.6 Å². The molecule has 0 N–H and O–H groups in total. The molecular weight excluding hydrogens is 438 g/mol. The zero-order valence-corrected chi connectivity index (χ0v) is 23.5. The SMILES string of the molecule is CC(C)P(c1ccccc1P1[C@@H](C)COC(C)(C)O[C@@H](C)[C@@H]1C)[C@@H](C)[C@@H]1COC(C)(C)O1. The molecule has 2 saturated heterocycles. The normalized spacial score (nSPS) is 34.7. The summed E-state index contributed by atoms with van der Waals surface area (Å²) in [5.41, 5.74) is 1.91. The van der Waals surface area contributed by atoms with Crippen LogP contribution in [0.1, 0.15) is 69.2 Å². The summed E-state index contributed by atoms with van der Waals surface area (Å²) in [6.07, 6.45) is 0.278. The smallest absolute Gasteiger partial charge is 0.163 e. The molecule has 2 aliphatic rings. The Hall–Kier alpha value is -0.0800. The first-order valence-corrected chi connectivity index (χ1v) is 15.1. The molecule has 0 radical (unpaired) electrons. The van der Waals surface area contributed by atoms with Crippen LogP contribution in [0.3, 0.4) is 0 Å². The second kappa shape index (κ2) is 10.3. The Morgan fingerprint density at radius 2 is 1.50 bits per heavy atom. The van der Waals surface area contributed by atoms with Crippen LogP contribution >= 0.6 is 15.8 Å². The average Bonchev–Trinajstić information content (AvgIpc) is 3.06. The van der Waals surface area contributed by atoms with Gasteiger partial charge in [-0.15, -0.1) is 0 Å². The van der Waals surface area contributed by atoms with Crippen molar-refractivity contribution in [1.29, 1.82) is 0 Å². The molecule has 0 amide bonds. The van der Waals surface area contributed by atoms with E-state index in [9.17, 15) is 0 Å². The summed E-state index contributed by atoms with van der Waals surface area (Å²) in [5, 5.41) is 3.07. The van der Waals surface area contributed by atoms with E-state index in [0.29, 0.717) is 29.2 Å². The Morgan fingerprint density at radius 1 is 0.906 bits per heavy atom. The highest BCUT2D eigenvalue weighted by Gasteiger charge is 2.42. The Morgan fingerprint density at radius 3 is 2.09 bits per heavy atom. The Labute approximate surface area is 198 Å². The van der Waals surface area contributed by atoms with E-state index >= 15 is 0 Å². The summed E-state index contributed by atoms with van der Waals surface area (Å²) in [5.74, 6) is -1.02. The number of hydrogen-bond acceptors (Lipinski definition) is 4. The first-order valence-electron chi connectivity index (χ1n) is 12.1. The molecule has 1 aromatic rings. The molecule has 0 saturated carbocycles. The van der Waals surface area contributed by atoms with Gasteiger partial charge in [0, 0.05) is 17.0 Å². The van der Waals surface area contributed by atoms with Crippen LogP contribution in [-0.4, -0.2) is 59.6 Å². The van der Waals surface area contributed by atoms with Crippen molar-refractivity contribution in [3.63, 3.8) is 0 Å². The van der Waals surface area contributed by atoms with E-state index in [2.05, 4.69) is 65.8 Å². The molecule has 1 aromatic carbocycles. The lowest BCUT2D eigenvalue weighted by Gasteiger charge is -2.43. The Bertz CT molecular complexity index is 766. The quantitative estimate of drug-likeness (QED) is 0.497. The molecule has 182 valence electrons. The van der Waals surface area contributed by atoms with Gasteiger partial charge < -0.3 is 18.9 Å². The molecule has 3 rings (SSSR count). The van der Waals surface area contributed by atoms with Crippen LogP contribution in [0.4, 0.5) is 0 Å². The minimum atomic E-state index is -0.533. The van der Waals surface area contributed by atoms with Crippen molar-refractivity contribution in [2.45, 2.75) is 116 Å². The standard InChI is InChI=1S/C26H44O4P2/c1-17(2)31(21(6)22-16-28-26(9,10)30-22)23-13-11-12-14-24(23)32-18(3)15-27-25(7,8)29-19(4)20(32)5/h11-14,17-22H,15-16H2,1-10H3/t18-,19-,20-,21-,22-,31?,32?/m0/s1. The molecule has 32 heavy (non-hydrogen) atoms. The van der Waals surface area contributed by atoms with Crippen LogP contribution in [0.15, 0.2) is 24.3 Å². The van der Waals surface area contributed by atoms with Crippen LogP contribution in [-0.2, 0) is 18.9 Å². The molecule has 6 heteroatoms. The zero-order valence-electron chi connectivity index (χ0n) is 21.7. The number of ether oxygens (including phenoxy) is 4. The minimum absolute atomic E-state index is 0.137. The van der Waals surface area contributed by atoms with Crippen LogP contribution in [0.25, 0.3) is 0 Å². The van der Waals surface area contributed by atoms with Gasteiger partial charge in [0.2, 0.25) is 0 Å². The molecule has 7 atom stereocenters. The van der Waals surface area contributed by atoms with Crippen molar-refractivity contribution in [3.05, 3.63) is 24.3 Å². The first-order chi connectivity index (χ1) is 14.8. The Balaban J connectivity index is 1.98. The summed E-state index contributed by atoms with van der Waals surface area (Å²) >= 11 is 0. The number of hydrogen-bond donors (Lipinski definition) is 0. The van der Waals surface area contributed by atoms with E-state index in [4.69, 9.17) is 18.9 Å². The fraction of sp³-hybridized carbons (Fsp3) is 0.769. The molecule has 4 nitrogen and oxygen atoms in total. The topological polar surface area (TPSA) is 36.9 Å². The molecule has 2 fully saturated rings. The number of rotatable bonds is 5. The molecule has 2 heterocycles. The molecule has 0 aromatic heterocycles. The van der Waals surface area contributed by atoms with Gasteiger partial charge in [-0.1, -0.05) is 74.7 Å². The lowest BCUT2D eigenvalue weighted by atomic mass is 10.2. The summed E-state index contributed by atoms with van der Waals surface area (Å²) in [7, 11) is -0.885. The molecule has 0 bridgehead atoms. The van der Waals surface area contributed by atoms with Crippen molar-refractivity contribution in [2.75, 3.05) is 13.2 Å². The van der Waals surface area contributed by atoms with E-state index in [1.807, 2.05) is 27.7 Å². The lowest BCUT2D eigenvalue weighted by Crippen LogP contribution is -2.45. The minimum Gasteiger partial charge on any atom is -0.350 e. The maximum absolute atomic E-state index is 6.35. The maximum Gasteiger partial charge on any atom is 0.163 e. The summed E-state index contributed by atoms with van der Waals surface area (Å²) in [6.45, 7) is 23.6. The van der Waals surface area contributed by atoms with Gasteiger partial charge in [0.25, 0.3) is 0 Å². The molecule has 2 unspecified atom stereocenters. The highest BCUT2D eigenvalue weighted by molar-refractivity contribution is 7.73. The van der Waals surface area contributed by atoms with Crippen LogP contribution in [0.2, 0.25) is 0 Å². The monoisotopic (exact) mass is 482 g/mol. The van der Waals surface area contributed by atoms with Crippen molar-refractivity contribution in [1.82, 2.24) is 0 Å². The predicted molar refractivity (Wildman–Crippen MR) is 139 cm³/mol. The van der Waals surface area contributed by atoms with Crippen molar-refractivity contribution < 1.29 is 18.9 Å². The second-order valence-electron chi connectivity index (χ2n) is 10.6. The summed E-state index contributed by atoms with van der Waals surface area (Å²) < 4.78 is 24.8. The Kier molecular flexibility index (Phi) is 8.51. The van der Waals surface area contributed by atoms with E-state index < -0.39 is 27.4 Å². The van der Waals surface area contributed by atoms with E-state index in [1.54, 1.807) is 0 Å². The fourth-order valence-electron chi connectivity index (χ4n) is 5.07. The average molecular weight is 483 g/mol. The lowest BCUT2D eigenvalue weighted by molar-refractivity contribution is -0.235. The molecular formula is C26H44O4P2. The van der Waals surface area contributed by atoms with Crippen LogP contribution < -0.4 is 10.6 Å². The van der Waals surface area contributed by atoms with E-state index in [1.165, 1.54) is 10.6 Å². The summed E-state index contributed by atoms with van der Waals surface area (Å²) in [6, 6.07) is 9.20. The summed E-state index contributed by atoms with van der Waals surface area (Å²) in [4.78, 5) is 0. The van der Waals surface area contributed by atoms with Crippen molar-refractivity contribution >= 4 is 26.5 Å². The number of benzene rings is 1. The van der Waals surface area contributed by atoms with Crippen molar-refractivity contribution in [3.8, 4) is 0 Å². The third kappa shape index (κ3) is 5.94. The zero-order chi connectivity index (χ0) is 23.8. The molecule has 2 aliphatic heterocycles. The fourth-order valence-corrected chi connectivity index (χ4v) is 11.9. The van der Waals surface area contributed by atoms with Gasteiger partial charge in [-0.2, -0.15) is 0 Å².